The Morgan fingerprint density at radius 2 is 1.88 bits per heavy atom. The van der Waals surface area contributed by atoms with E-state index in [9.17, 15) is 13.2 Å². The van der Waals surface area contributed by atoms with E-state index >= 15 is 0 Å². The highest BCUT2D eigenvalue weighted by atomic mass is 79.9. The van der Waals surface area contributed by atoms with Gasteiger partial charge in [-0.05, 0) is 47.1 Å². The molecular weight excluding hydrogens is 404 g/mol. The number of amides is 1. The van der Waals surface area contributed by atoms with E-state index in [0.29, 0.717) is 5.69 Å². The molecule has 7 heteroatoms. The van der Waals surface area contributed by atoms with Crippen LogP contribution in [0.2, 0.25) is 0 Å². The number of hydrogen-bond acceptors (Lipinski definition) is 3. The number of para-hydroxylation sites is 1. The Labute approximate surface area is 154 Å². The lowest BCUT2D eigenvalue weighted by atomic mass is 10.2. The van der Waals surface area contributed by atoms with Gasteiger partial charge in [-0.25, -0.2) is 8.42 Å². The Bertz CT molecular complexity index is 1070. The van der Waals surface area contributed by atoms with Gasteiger partial charge < -0.3 is 9.88 Å². The normalized spacial score (nSPS) is 11.6. The number of carbonyl (C=O) groups is 1. The van der Waals surface area contributed by atoms with Crippen LogP contribution in [0.15, 0.2) is 57.9 Å². The molecule has 0 unspecified atom stereocenters. The van der Waals surface area contributed by atoms with Gasteiger partial charge in [0.25, 0.3) is 0 Å². The molecule has 0 aliphatic heterocycles. The van der Waals surface area contributed by atoms with Crippen molar-refractivity contribution in [1.82, 2.24) is 4.57 Å². The Balaban J connectivity index is 1.86. The number of rotatable bonds is 4. The van der Waals surface area contributed by atoms with Gasteiger partial charge in [0.2, 0.25) is 5.91 Å². The van der Waals surface area contributed by atoms with Crippen LogP contribution in [0.3, 0.4) is 0 Å². The SMILES string of the molecule is Cc1c(Br)c2ccccc2n1CC(=O)Nc1cccc(S(C)(=O)=O)c1. The second-order valence-electron chi connectivity index (χ2n) is 5.85. The first-order valence-corrected chi connectivity index (χ1v) is 10.3. The van der Waals surface area contributed by atoms with Gasteiger partial charge in [0.05, 0.1) is 4.90 Å². The van der Waals surface area contributed by atoms with Gasteiger partial charge in [-0.3, -0.25) is 4.79 Å². The van der Waals surface area contributed by atoms with E-state index in [2.05, 4.69) is 21.2 Å². The monoisotopic (exact) mass is 420 g/mol. The fraction of sp³-hybridized carbons (Fsp3) is 0.167. The molecule has 0 saturated carbocycles. The number of halogens is 1. The Hall–Kier alpha value is -2.12. The number of sulfone groups is 1. The number of nitrogens with zero attached hydrogens (tertiary/aromatic N) is 1. The molecule has 3 rings (SSSR count). The summed E-state index contributed by atoms with van der Waals surface area (Å²) < 4.78 is 26.2. The summed E-state index contributed by atoms with van der Waals surface area (Å²) in [6.45, 7) is 2.09. The topological polar surface area (TPSA) is 68.2 Å². The van der Waals surface area contributed by atoms with Crippen LogP contribution in [-0.4, -0.2) is 25.1 Å². The quantitative estimate of drug-likeness (QED) is 0.698. The maximum absolute atomic E-state index is 12.5. The fourth-order valence-corrected chi connectivity index (χ4v) is 3.96. The van der Waals surface area contributed by atoms with E-state index in [4.69, 9.17) is 0 Å². The fourth-order valence-electron chi connectivity index (χ4n) is 2.74. The molecule has 25 heavy (non-hydrogen) atoms. The van der Waals surface area contributed by atoms with Crippen LogP contribution >= 0.6 is 15.9 Å². The molecule has 0 fully saturated rings. The van der Waals surface area contributed by atoms with Crippen molar-refractivity contribution in [2.45, 2.75) is 18.4 Å². The zero-order valence-corrected chi connectivity index (χ0v) is 16.2. The van der Waals surface area contributed by atoms with E-state index < -0.39 is 9.84 Å². The first kappa shape index (κ1) is 17.7. The van der Waals surface area contributed by atoms with Crippen molar-refractivity contribution < 1.29 is 13.2 Å². The van der Waals surface area contributed by atoms with Crippen molar-refractivity contribution in [3.63, 3.8) is 0 Å². The molecule has 0 radical (unpaired) electrons. The molecule has 0 saturated heterocycles. The van der Waals surface area contributed by atoms with Gasteiger partial charge >= 0.3 is 0 Å². The van der Waals surface area contributed by atoms with E-state index in [0.717, 1.165) is 27.3 Å². The summed E-state index contributed by atoms with van der Waals surface area (Å²) in [5.74, 6) is -0.220. The summed E-state index contributed by atoms with van der Waals surface area (Å²) in [5.41, 5.74) is 2.38. The minimum Gasteiger partial charge on any atom is -0.334 e. The summed E-state index contributed by atoms with van der Waals surface area (Å²) in [4.78, 5) is 12.6. The average Bonchev–Trinajstić information content (AvgIpc) is 2.80. The second kappa shape index (κ2) is 6.65. The highest BCUT2D eigenvalue weighted by Crippen LogP contribution is 2.30. The van der Waals surface area contributed by atoms with E-state index in [1.165, 1.54) is 12.1 Å². The highest BCUT2D eigenvalue weighted by Gasteiger charge is 2.15. The smallest absolute Gasteiger partial charge is 0.244 e. The lowest BCUT2D eigenvalue weighted by Gasteiger charge is -2.10. The summed E-state index contributed by atoms with van der Waals surface area (Å²) in [6.07, 6.45) is 1.14. The summed E-state index contributed by atoms with van der Waals surface area (Å²) >= 11 is 3.57. The van der Waals surface area contributed by atoms with E-state index in [1.54, 1.807) is 12.1 Å². The molecule has 3 aromatic rings. The maximum Gasteiger partial charge on any atom is 0.244 e. The zero-order valence-electron chi connectivity index (χ0n) is 13.8. The number of fused-ring (bicyclic) bond motifs is 1. The van der Waals surface area contributed by atoms with Crippen molar-refractivity contribution in [1.29, 1.82) is 0 Å². The number of hydrogen-bond donors (Lipinski definition) is 1. The minimum atomic E-state index is -3.31. The first-order valence-electron chi connectivity index (χ1n) is 7.60. The third-order valence-corrected chi connectivity index (χ3v) is 6.11. The molecule has 130 valence electrons. The molecule has 2 aromatic carbocycles. The molecule has 0 bridgehead atoms. The number of anilines is 1. The van der Waals surface area contributed by atoms with Crippen LogP contribution in [-0.2, 0) is 21.2 Å². The predicted molar refractivity (Wildman–Crippen MR) is 103 cm³/mol. The van der Waals surface area contributed by atoms with E-state index in [-0.39, 0.29) is 17.3 Å². The van der Waals surface area contributed by atoms with Crippen LogP contribution in [0.4, 0.5) is 5.69 Å². The van der Waals surface area contributed by atoms with Gasteiger partial charge in [0.15, 0.2) is 9.84 Å². The lowest BCUT2D eigenvalue weighted by Crippen LogP contribution is -2.19. The molecule has 0 atom stereocenters. The predicted octanol–water partition coefficient (Wildman–Crippen LogP) is 3.75. The number of nitrogens with one attached hydrogen (secondary N) is 1. The Kier molecular flexibility index (Phi) is 4.71. The Morgan fingerprint density at radius 1 is 1.16 bits per heavy atom. The molecular formula is C18H17BrN2O3S. The molecule has 1 aromatic heterocycles. The van der Waals surface area contributed by atoms with Crippen molar-refractivity contribution in [2.24, 2.45) is 0 Å². The molecule has 0 spiro atoms. The standard InChI is InChI=1S/C18H17BrN2O3S/c1-12-18(19)15-8-3-4-9-16(15)21(12)11-17(22)20-13-6-5-7-14(10-13)25(2,23)24/h3-10H,11H2,1-2H3,(H,20,22). The van der Waals surface area contributed by atoms with Gasteiger partial charge in [-0.2, -0.15) is 0 Å². The highest BCUT2D eigenvalue weighted by molar-refractivity contribution is 9.10. The number of carbonyl (C=O) groups excluding carboxylic acids is 1. The number of benzene rings is 2. The molecule has 1 heterocycles. The number of aromatic nitrogens is 1. The largest absolute Gasteiger partial charge is 0.334 e. The minimum absolute atomic E-state index is 0.140. The molecule has 1 amide bonds. The first-order chi connectivity index (χ1) is 11.8. The van der Waals surface area contributed by atoms with Crippen LogP contribution in [0, 0.1) is 6.92 Å². The summed E-state index contributed by atoms with van der Waals surface area (Å²) in [6, 6.07) is 14.1. The van der Waals surface area contributed by atoms with Crippen molar-refractivity contribution in [2.75, 3.05) is 11.6 Å². The average molecular weight is 421 g/mol. The van der Waals surface area contributed by atoms with Gasteiger partial charge in [0, 0.05) is 33.0 Å². The molecule has 1 N–H and O–H groups in total. The summed E-state index contributed by atoms with van der Waals surface area (Å²) in [5, 5.41) is 3.81. The van der Waals surface area contributed by atoms with Crippen LogP contribution in [0.1, 0.15) is 5.69 Å². The van der Waals surface area contributed by atoms with E-state index in [1.807, 2.05) is 35.8 Å². The molecule has 0 aliphatic rings. The van der Waals surface area contributed by atoms with Crippen LogP contribution < -0.4 is 5.32 Å². The zero-order chi connectivity index (χ0) is 18.2. The van der Waals surface area contributed by atoms with Crippen molar-refractivity contribution in [3.05, 3.63) is 58.7 Å². The molecule has 5 nitrogen and oxygen atoms in total. The van der Waals surface area contributed by atoms with Crippen LogP contribution in [0.5, 0.6) is 0 Å². The van der Waals surface area contributed by atoms with Gasteiger partial charge in [-0.1, -0.05) is 24.3 Å². The molecule has 0 aliphatic carbocycles. The lowest BCUT2D eigenvalue weighted by molar-refractivity contribution is -0.116. The third-order valence-electron chi connectivity index (χ3n) is 4.00. The maximum atomic E-state index is 12.5. The van der Waals surface area contributed by atoms with Crippen molar-refractivity contribution >= 4 is 48.3 Å². The third kappa shape index (κ3) is 3.62. The summed E-state index contributed by atoms with van der Waals surface area (Å²) in [7, 11) is -3.31. The van der Waals surface area contributed by atoms with Gasteiger partial charge in [0.1, 0.15) is 6.54 Å². The van der Waals surface area contributed by atoms with Gasteiger partial charge in [-0.15, -0.1) is 0 Å². The second-order valence-corrected chi connectivity index (χ2v) is 8.66. The van der Waals surface area contributed by atoms with Crippen LogP contribution in [0.25, 0.3) is 10.9 Å². The van der Waals surface area contributed by atoms with Crippen molar-refractivity contribution in [3.8, 4) is 0 Å². The Morgan fingerprint density at radius 3 is 2.60 bits per heavy atom.